The van der Waals surface area contributed by atoms with Crippen LogP contribution in [0.5, 0.6) is 5.75 Å². The minimum absolute atomic E-state index is 0.479. The van der Waals surface area contributed by atoms with E-state index < -0.39 is 11.6 Å². The van der Waals surface area contributed by atoms with Gasteiger partial charge in [-0.3, -0.25) is 0 Å². The van der Waals surface area contributed by atoms with Crippen LogP contribution in [-0.4, -0.2) is 31.9 Å². The summed E-state index contributed by atoms with van der Waals surface area (Å²) in [5.74, 6) is -0.991. The van der Waals surface area contributed by atoms with E-state index in [9.17, 15) is 8.78 Å². The molecule has 0 aromatic heterocycles. The minimum atomic E-state index is -0.839. The monoisotopic (exact) mass is 332 g/mol. The predicted molar refractivity (Wildman–Crippen MR) is 93.4 cm³/mol. The van der Waals surface area contributed by atoms with E-state index in [-0.39, 0.29) is 0 Å². The number of aliphatic imine (C=N–C) groups is 1. The van der Waals surface area contributed by atoms with E-state index in [2.05, 4.69) is 4.99 Å². The summed E-state index contributed by atoms with van der Waals surface area (Å²) in [6.07, 6.45) is 2.25. The van der Waals surface area contributed by atoms with Crippen molar-refractivity contribution in [3.8, 4) is 5.75 Å². The van der Waals surface area contributed by atoms with Crippen LogP contribution in [0.1, 0.15) is 23.6 Å². The standard InChI is InChI=1S/C19H22F2N2O/c1-5-23(3)12-22-19-11-16(24-4)10-15(13(19)2)8-14-6-7-17(20)18(21)9-14/h6-7,9-12H,5,8H2,1-4H3. The number of hydrogen-bond donors (Lipinski definition) is 0. The van der Waals surface area contributed by atoms with Crippen molar-refractivity contribution in [3.05, 3.63) is 58.7 Å². The molecule has 2 rings (SSSR count). The molecule has 24 heavy (non-hydrogen) atoms. The van der Waals surface area contributed by atoms with Crippen LogP contribution in [0, 0.1) is 18.6 Å². The van der Waals surface area contributed by atoms with Crippen molar-refractivity contribution in [2.24, 2.45) is 4.99 Å². The largest absolute Gasteiger partial charge is 0.497 e. The highest BCUT2D eigenvalue weighted by atomic mass is 19.2. The summed E-state index contributed by atoms with van der Waals surface area (Å²) in [6, 6.07) is 7.73. The summed E-state index contributed by atoms with van der Waals surface area (Å²) in [7, 11) is 3.54. The van der Waals surface area contributed by atoms with E-state index >= 15 is 0 Å². The molecule has 0 radical (unpaired) electrons. The van der Waals surface area contributed by atoms with Crippen molar-refractivity contribution in [2.45, 2.75) is 20.3 Å². The average Bonchev–Trinajstić information content (AvgIpc) is 2.58. The molecule has 5 heteroatoms. The Labute approximate surface area is 141 Å². The Bertz CT molecular complexity index is 744. The van der Waals surface area contributed by atoms with Gasteiger partial charge in [-0.25, -0.2) is 13.8 Å². The Hall–Kier alpha value is -2.43. The van der Waals surface area contributed by atoms with Crippen LogP contribution in [0.2, 0.25) is 0 Å². The van der Waals surface area contributed by atoms with Gasteiger partial charge in [0.2, 0.25) is 0 Å². The second-order valence-corrected chi connectivity index (χ2v) is 5.67. The fraction of sp³-hybridized carbons (Fsp3) is 0.316. The zero-order valence-corrected chi connectivity index (χ0v) is 14.4. The summed E-state index contributed by atoms with van der Waals surface area (Å²) in [5, 5.41) is 0. The highest BCUT2D eigenvalue weighted by Crippen LogP contribution is 2.30. The second-order valence-electron chi connectivity index (χ2n) is 5.67. The molecule has 0 unspecified atom stereocenters. The first kappa shape index (κ1) is 17.9. The first-order chi connectivity index (χ1) is 11.4. The Balaban J connectivity index is 2.38. The smallest absolute Gasteiger partial charge is 0.159 e. The Kier molecular flexibility index (Phi) is 5.90. The van der Waals surface area contributed by atoms with E-state index in [1.807, 2.05) is 37.9 Å². The van der Waals surface area contributed by atoms with Crippen molar-refractivity contribution in [1.29, 1.82) is 0 Å². The van der Waals surface area contributed by atoms with Gasteiger partial charge in [0, 0.05) is 19.7 Å². The van der Waals surface area contributed by atoms with Crippen LogP contribution >= 0.6 is 0 Å². The Morgan fingerprint density at radius 1 is 1.17 bits per heavy atom. The molecule has 0 saturated carbocycles. The van der Waals surface area contributed by atoms with Crippen LogP contribution in [0.4, 0.5) is 14.5 Å². The zero-order chi connectivity index (χ0) is 17.7. The van der Waals surface area contributed by atoms with Crippen molar-refractivity contribution >= 4 is 12.0 Å². The molecule has 0 aliphatic rings. The normalized spacial score (nSPS) is 11.1. The number of halogens is 2. The summed E-state index contributed by atoms with van der Waals surface area (Å²) < 4.78 is 31.9. The molecular weight excluding hydrogens is 310 g/mol. The van der Waals surface area contributed by atoms with E-state index in [4.69, 9.17) is 4.74 Å². The molecule has 2 aromatic rings. The van der Waals surface area contributed by atoms with Gasteiger partial charge in [0.15, 0.2) is 11.6 Å². The molecule has 128 valence electrons. The molecule has 0 amide bonds. The minimum Gasteiger partial charge on any atom is -0.497 e. The van der Waals surface area contributed by atoms with Crippen molar-refractivity contribution < 1.29 is 13.5 Å². The zero-order valence-electron chi connectivity index (χ0n) is 14.4. The molecule has 2 aromatic carbocycles. The van der Waals surface area contributed by atoms with Crippen LogP contribution in [0.15, 0.2) is 35.3 Å². The Morgan fingerprint density at radius 3 is 2.54 bits per heavy atom. The molecule has 0 spiro atoms. The first-order valence-electron chi connectivity index (χ1n) is 7.80. The number of ether oxygens (including phenoxy) is 1. The third-order valence-electron chi connectivity index (χ3n) is 3.97. The van der Waals surface area contributed by atoms with Gasteiger partial charge in [0.05, 0.1) is 19.1 Å². The lowest BCUT2D eigenvalue weighted by atomic mass is 9.98. The van der Waals surface area contributed by atoms with E-state index in [1.165, 1.54) is 6.07 Å². The molecule has 0 heterocycles. The number of nitrogens with zero attached hydrogens (tertiary/aromatic N) is 2. The van der Waals surface area contributed by atoms with Gasteiger partial charge >= 0.3 is 0 Å². The maximum absolute atomic E-state index is 13.4. The van der Waals surface area contributed by atoms with Gasteiger partial charge in [-0.05, 0) is 55.2 Å². The maximum atomic E-state index is 13.4. The molecule has 0 saturated heterocycles. The molecule has 0 aliphatic heterocycles. The predicted octanol–water partition coefficient (Wildman–Crippen LogP) is 4.48. The quantitative estimate of drug-likeness (QED) is 0.575. The lowest BCUT2D eigenvalue weighted by molar-refractivity contribution is 0.414. The van der Waals surface area contributed by atoms with Gasteiger partial charge in [0.1, 0.15) is 5.75 Å². The summed E-state index contributed by atoms with van der Waals surface area (Å²) in [4.78, 5) is 6.47. The van der Waals surface area contributed by atoms with E-state index in [0.29, 0.717) is 17.7 Å². The van der Waals surface area contributed by atoms with Crippen LogP contribution in [0.25, 0.3) is 0 Å². The number of hydrogen-bond acceptors (Lipinski definition) is 2. The molecule has 0 atom stereocenters. The molecule has 3 nitrogen and oxygen atoms in total. The highest BCUT2D eigenvalue weighted by Gasteiger charge is 2.10. The number of rotatable bonds is 6. The summed E-state index contributed by atoms with van der Waals surface area (Å²) >= 11 is 0. The molecule has 0 aliphatic carbocycles. The maximum Gasteiger partial charge on any atom is 0.159 e. The van der Waals surface area contributed by atoms with Crippen molar-refractivity contribution in [3.63, 3.8) is 0 Å². The van der Waals surface area contributed by atoms with Crippen LogP contribution in [-0.2, 0) is 6.42 Å². The second kappa shape index (κ2) is 7.90. The fourth-order valence-corrected chi connectivity index (χ4v) is 2.28. The Morgan fingerprint density at radius 2 is 1.92 bits per heavy atom. The molecule has 0 N–H and O–H groups in total. The van der Waals surface area contributed by atoms with Gasteiger partial charge in [-0.1, -0.05) is 6.07 Å². The number of benzene rings is 2. The summed E-state index contributed by atoms with van der Waals surface area (Å²) in [6.45, 7) is 4.86. The molecule has 0 bridgehead atoms. The molecular formula is C19H22F2N2O. The average molecular weight is 332 g/mol. The van der Waals surface area contributed by atoms with Gasteiger partial charge in [-0.15, -0.1) is 0 Å². The van der Waals surface area contributed by atoms with Gasteiger partial charge in [0.25, 0.3) is 0 Å². The van der Waals surface area contributed by atoms with Gasteiger partial charge in [-0.2, -0.15) is 0 Å². The molecule has 0 fully saturated rings. The highest BCUT2D eigenvalue weighted by molar-refractivity contribution is 5.65. The van der Waals surface area contributed by atoms with Crippen LogP contribution < -0.4 is 4.74 Å². The van der Waals surface area contributed by atoms with Crippen molar-refractivity contribution in [1.82, 2.24) is 4.90 Å². The lowest BCUT2D eigenvalue weighted by Gasteiger charge is -2.13. The first-order valence-corrected chi connectivity index (χ1v) is 7.80. The summed E-state index contributed by atoms with van der Waals surface area (Å²) in [5.41, 5.74) is 3.45. The van der Waals surface area contributed by atoms with Crippen molar-refractivity contribution in [2.75, 3.05) is 20.7 Å². The third kappa shape index (κ3) is 4.31. The number of methoxy groups -OCH3 is 1. The van der Waals surface area contributed by atoms with E-state index in [1.54, 1.807) is 19.5 Å². The van der Waals surface area contributed by atoms with Gasteiger partial charge < -0.3 is 9.64 Å². The third-order valence-corrected chi connectivity index (χ3v) is 3.97. The SMILES string of the molecule is CCN(C)C=Nc1cc(OC)cc(Cc2ccc(F)c(F)c2)c1C. The van der Waals surface area contributed by atoms with E-state index in [0.717, 1.165) is 29.4 Å². The fourth-order valence-electron chi connectivity index (χ4n) is 2.28. The topological polar surface area (TPSA) is 24.8 Å². The lowest BCUT2D eigenvalue weighted by Crippen LogP contribution is -2.14. The van der Waals surface area contributed by atoms with Crippen LogP contribution in [0.3, 0.4) is 0 Å².